The van der Waals surface area contributed by atoms with Gasteiger partial charge in [-0.1, -0.05) is 12.1 Å². The molecule has 132 valence electrons. The molecule has 0 fully saturated rings. The van der Waals surface area contributed by atoms with Crippen LogP contribution < -0.4 is 5.32 Å². The fraction of sp³-hybridized carbons (Fsp3) is 0.312. The van der Waals surface area contributed by atoms with Crippen LogP contribution in [0, 0.1) is 0 Å². The number of aromatic nitrogens is 3. The summed E-state index contributed by atoms with van der Waals surface area (Å²) in [7, 11) is 0. The first-order chi connectivity index (χ1) is 11.9. The molecular weight excluding hydrogens is 326 g/mol. The Balaban J connectivity index is 2.16. The molecule has 0 aliphatic rings. The van der Waals surface area contributed by atoms with Gasteiger partial charge in [-0.2, -0.15) is 5.10 Å². The normalized spacial score (nSPS) is 11.6. The Bertz CT molecular complexity index is 742. The molecule has 0 aliphatic heterocycles. The molecule has 3 N–H and O–H groups in total. The van der Waals surface area contributed by atoms with Crippen molar-refractivity contribution in [2.45, 2.75) is 19.9 Å². The largest absolute Gasteiger partial charge is 0.480 e. The lowest BCUT2D eigenvalue weighted by Crippen LogP contribution is -2.46. The van der Waals surface area contributed by atoms with Crippen molar-refractivity contribution >= 4 is 17.8 Å². The highest BCUT2D eigenvalue weighted by Gasteiger charge is 2.26. The van der Waals surface area contributed by atoms with E-state index in [4.69, 9.17) is 0 Å². The van der Waals surface area contributed by atoms with Gasteiger partial charge in [0.2, 0.25) is 5.91 Å². The maximum atomic E-state index is 12.7. The van der Waals surface area contributed by atoms with Crippen LogP contribution in [0.25, 0.3) is 11.4 Å². The Morgan fingerprint density at radius 2 is 1.96 bits per heavy atom. The first-order valence-corrected chi connectivity index (χ1v) is 7.64. The molecule has 2 amide bonds. The number of carboxylic acid groups (broad SMARTS) is 1. The molecular formula is C16H19N5O4. The zero-order valence-corrected chi connectivity index (χ0v) is 13.9. The first kappa shape index (κ1) is 18.1. The third kappa shape index (κ3) is 4.63. The van der Waals surface area contributed by atoms with Crippen molar-refractivity contribution in [2.75, 3.05) is 13.1 Å². The maximum absolute atomic E-state index is 12.7. The Morgan fingerprint density at radius 3 is 2.48 bits per heavy atom. The summed E-state index contributed by atoms with van der Waals surface area (Å²) >= 11 is 0. The Kier molecular flexibility index (Phi) is 5.83. The molecule has 1 heterocycles. The summed E-state index contributed by atoms with van der Waals surface area (Å²) in [5, 5.41) is 18.3. The molecule has 9 nitrogen and oxygen atoms in total. The monoisotopic (exact) mass is 345 g/mol. The van der Waals surface area contributed by atoms with Gasteiger partial charge in [0.25, 0.3) is 5.91 Å². The van der Waals surface area contributed by atoms with Crippen molar-refractivity contribution in [1.29, 1.82) is 0 Å². The van der Waals surface area contributed by atoms with Gasteiger partial charge in [-0.15, -0.1) is 0 Å². The molecule has 1 aromatic heterocycles. The van der Waals surface area contributed by atoms with E-state index in [1.54, 1.807) is 24.3 Å². The molecule has 0 saturated heterocycles. The lowest BCUT2D eigenvalue weighted by atomic mass is 10.1. The molecule has 0 spiro atoms. The second kappa shape index (κ2) is 8.04. The lowest BCUT2D eigenvalue weighted by Gasteiger charge is -2.26. The van der Waals surface area contributed by atoms with E-state index in [2.05, 4.69) is 20.5 Å². The summed E-state index contributed by atoms with van der Waals surface area (Å²) in [5.74, 6) is -1.22. The van der Waals surface area contributed by atoms with Crippen molar-refractivity contribution in [3.63, 3.8) is 0 Å². The van der Waals surface area contributed by atoms with Crippen molar-refractivity contribution < 1.29 is 19.5 Å². The predicted molar refractivity (Wildman–Crippen MR) is 88.6 cm³/mol. The molecule has 0 bridgehead atoms. The fourth-order valence-corrected chi connectivity index (χ4v) is 2.24. The average Bonchev–Trinajstić information content (AvgIpc) is 3.12. The van der Waals surface area contributed by atoms with Crippen LogP contribution in [0.5, 0.6) is 0 Å². The van der Waals surface area contributed by atoms with E-state index in [1.807, 2.05) is 0 Å². The number of nitrogens with zero attached hydrogens (tertiary/aromatic N) is 3. The Labute approximate surface area is 144 Å². The number of rotatable bonds is 7. The number of amides is 2. The molecule has 1 aromatic carbocycles. The zero-order valence-electron chi connectivity index (χ0n) is 13.9. The smallest absolute Gasteiger partial charge is 0.326 e. The van der Waals surface area contributed by atoms with Crippen LogP contribution in [-0.2, 0) is 9.59 Å². The van der Waals surface area contributed by atoms with Crippen LogP contribution in [0.2, 0.25) is 0 Å². The number of H-pyrrole nitrogens is 1. The lowest BCUT2D eigenvalue weighted by molar-refractivity contribution is -0.141. The van der Waals surface area contributed by atoms with Crippen molar-refractivity contribution in [3.8, 4) is 11.4 Å². The van der Waals surface area contributed by atoms with Crippen LogP contribution in [-0.4, -0.2) is 62.1 Å². The van der Waals surface area contributed by atoms with E-state index in [1.165, 1.54) is 25.1 Å². The summed E-state index contributed by atoms with van der Waals surface area (Å²) < 4.78 is 0. The highest BCUT2D eigenvalue weighted by atomic mass is 16.4. The number of carbonyl (C=O) groups is 3. The number of hydrogen-bond acceptors (Lipinski definition) is 5. The van der Waals surface area contributed by atoms with E-state index in [0.29, 0.717) is 11.4 Å². The molecule has 0 saturated carbocycles. The minimum atomic E-state index is -1.12. The Hall–Kier alpha value is -3.23. The third-order valence-electron chi connectivity index (χ3n) is 3.63. The van der Waals surface area contributed by atoms with Crippen LogP contribution in [0.1, 0.15) is 24.2 Å². The first-order valence-electron chi connectivity index (χ1n) is 7.64. The topological polar surface area (TPSA) is 128 Å². The minimum Gasteiger partial charge on any atom is -0.480 e. The molecule has 1 atom stereocenters. The van der Waals surface area contributed by atoms with E-state index in [0.717, 1.165) is 5.56 Å². The highest BCUT2D eigenvalue weighted by Crippen LogP contribution is 2.16. The number of hydrogen-bond donors (Lipinski definition) is 3. The van der Waals surface area contributed by atoms with Gasteiger partial charge in [0.05, 0.1) is 0 Å². The van der Waals surface area contributed by atoms with Gasteiger partial charge in [0, 0.05) is 31.1 Å². The minimum absolute atomic E-state index is 0.0930. The van der Waals surface area contributed by atoms with E-state index >= 15 is 0 Å². The van der Waals surface area contributed by atoms with Crippen molar-refractivity contribution in [2.24, 2.45) is 0 Å². The van der Waals surface area contributed by atoms with Gasteiger partial charge in [-0.3, -0.25) is 14.7 Å². The summed E-state index contributed by atoms with van der Waals surface area (Å²) in [4.78, 5) is 40.2. The second-order valence-electron chi connectivity index (χ2n) is 5.41. The standard InChI is InChI=1S/C16H19N5O4/c1-10(16(24)25)21(8-7-17-11(2)22)15(23)13-5-3-12(4-6-13)14-18-9-19-20-14/h3-6,9-10H,7-8H2,1-2H3,(H,17,22)(H,24,25)(H,18,19,20). The number of aliphatic carboxylic acids is 1. The molecule has 2 rings (SSSR count). The molecule has 1 unspecified atom stereocenters. The number of aromatic amines is 1. The Morgan fingerprint density at radius 1 is 1.28 bits per heavy atom. The van der Waals surface area contributed by atoms with Crippen molar-refractivity contribution in [1.82, 2.24) is 25.4 Å². The summed E-state index contributed by atoms with van der Waals surface area (Å²) in [6.45, 7) is 3.05. The third-order valence-corrected chi connectivity index (χ3v) is 3.63. The number of benzene rings is 1. The van der Waals surface area contributed by atoms with Crippen LogP contribution in [0.4, 0.5) is 0 Å². The quantitative estimate of drug-likeness (QED) is 0.671. The average molecular weight is 345 g/mol. The predicted octanol–water partition coefficient (Wildman–Crippen LogP) is 0.523. The van der Waals surface area contributed by atoms with Crippen LogP contribution in [0.15, 0.2) is 30.6 Å². The number of carboxylic acids is 1. The summed E-state index contributed by atoms with van der Waals surface area (Å²) in [6, 6.07) is 5.58. The molecule has 2 aromatic rings. The maximum Gasteiger partial charge on any atom is 0.326 e. The van der Waals surface area contributed by atoms with Crippen LogP contribution >= 0.6 is 0 Å². The van der Waals surface area contributed by atoms with Crippen molar-refractivity contribution in [3.05, 3.63) is 36.2 Å². The zero-order chi connectivity index (χ0) is 18.4. The SMILES string of the molecule is CC(=O)NCCN(C(=O)c1ccc(-c2ncn[nH]2)cc1)C(C)C(=O)O. The van der Waals surface area contributed by atoms with E-state index < -0.39 is 17.9 Å². The molecule has 25 heavy (non-hydrogen) atoms. The summed E-state index contributed by atoms with van der Waals surface area (Å²) in [6.07, 6.45) is 1.38. The summed E-state index contributed by atoms with van der Waals surface area (Å²) in [5.41, 5.74) is 1.10. The molecule has 9 heteroatoms. The number of carbonyl (C=O) groups excluding carboxylic acids is 2. The molecule has 0 aliphatic carbocycles. The molecule has 0 radical (unpaired) electrons. The van der Waals surface area contributed by atoms with Gasteiger partial charge in [0.1, 0.15) is 12.4 Å². The number of nitrogens with one attached hydrogen (secondary N) is 2. The van der Waals surface area contributed by atoms with E-state index in [9.17, 15) is 19.5 Å². The van der Waals surface area contributed by atoms with Gasteiger partial charge < -0.3 is 15.3 Å². The van der Waals surface area contributed by atoms with E-state index in [-0.39, 0.29) is 19.0 Å². The fourth-order valence-electron chi connectivity index (χ4n) is 2.24. The van der Waals surface area contributed by atoms with Gasteiger partial charge >= 0.3 is 5.97 Å². The van der Waals surface area contributed by atoms with Gasteiger partial charge in [0.15, 0.2) is 5.82 Å². The highest BCUT2D eigenvalue weighted by molar-refractivity contribution is 5.97. The van der Waals surface area contributed by atoms with Gasteiger partial charge in [-0.25, -0.2) is 9.78 Å². The van der Waals surface area contributed by atoms with Gasteiger partial charge in [-0.05, 0) is 19.1 Å². The van der Waals surface area contributed by atoms with Crippen LogP contribution in [0.3, 0.4) is 0 Å². The second-order valence-corrected chi connectivity index (χ2v) is 5.41.